The minimum atomic E-state index is -6.09. The van der Waals surface area contributed by atoms with Crippen LogP contribution in [0, 0.1) is 13.5 Å². The van der Waals surface area contributed by atoms with Gasteiger partial charge in [-0.15, -0.1) is 6.07 Å². The number of pyridine rings is 4. The third kappa shape index (κ3) is 12.6. The summed E-state index contributed by atoms with van der Waals surface area (Å²) in [4.78, 5) is 17.9. The third-order valence-electron chi connectivity index (χ3n) is 6.47. The normalized spacial score (nSPS) is 11.4. The number of rotatable bonds is 3. The SMILES string of the molecule is CC(C)(C)c1ccnc(-c2cc(C(C)(C)C)ccn2)c1.O=S(=O)([O-])C(F)(F)F.[CH3-].[Ir+3].[c-]1ccc(-c2ccccc2)nc1-c1ccccn1. The molecule has 0 unspecified atom stereocenters. The molecule has 0 aliphatic rings. The van der Waals surface area contributed by atoms with Crippen LogP contribution < -0.4 is 0 Å². The van der Waals surface area contributed by atoms with Crippen molar-refractivity contribution in [3.8, 4) is 34.0 Å². The van der Waals surface area contributed by atoms with Gasteiger partial charge in [-0.2, -0.15) is 25.3 Å². The van der Waals surface area contributed by atoms with Gasteiger partial charge in [0.1, 0.15) is 0 Å². The molecule has 256 valence electrons. The van der Waals surface area contributed by atoms with Gasteiger partial charge >= 0.3 is 25.6 Å². The monoisotopic (exact) mass is 856 g/mol. The van der Waals surface area contributed by atoms with Crippen LogP contribution in [0.1, 0.15) is 52.7 Å². The van der Waals surface area contributed by atoms with Crippen molar-refractivity contribution < 1.29 is 46.2 Å². The second kappa shape index (κ2) is 17.5. The number of aromatic nitrogens is 4. The van der Waals surface area contributed by atoms with E-state index in [1.165, 1.54) is 11.1 Å². The van der Waals surface area contributed by atoms with E-state index in [2.05, 4.69) is 91.8 Å². The fourth-order valence-electron chi connectivity index (χ4n) is 3.87. The molecule has 4 aromatic heterocycles. The Morgan fingerprint density at radius 1 is 0.646 bits per heavy atom. The van der Waals surface area contributed by atoms with E-state index in [0.29, 0.717) is 0 Å². The van der Waals surface area contributed by atoms with E-state index in [9.17, 15) is 13.2 Å². The first kappa shape index (κ1) is 42.2. The average Bonchev–Trinajstić information content (AvgIpc) is 3.01. The predicted octanol–water partition coefficient (Wildman–Crippen LogP) is 8.85. The van der Waals surface area contributed by atoms with Gasteiger partial charge < -0.3 is 17.0 Å². The maximum absolute atomic E-state index is 10.7. The topological polar surface area (TPSA) is 109 Å². The molecule has 4 heterocycles. The van der Waals surface area contributed by atoms with Crippen LogP contribution in [0.3, 0.4) is 0 Å². The molecule has 1 aromatic carbocycles. The van der Waals surface area contributed by atoms with Crippen molar-refractivity contribution >= 4 is 10.1 Å². The van der Waals surface area contributed by atoms with Crippen molar-refractivity contribution in [1.82, 2.24) is 19.9 Å². The van der Waals surface area contributed by atoms with Crippen LogP contribution >= 0.6 is 0 Å². The maximum atomic E-state index is 10.7. The zero-order valence-electron chi connectivity index (χ0n) is 27.7. The zero-order chi connectivity index (χ0) is 34.2. The van der Waals surface area contributed by atoms with Crippen LogP contribution in [0.4, 0.5) is 13.2 Å². The molecule has 0 saturated heterocycles. The number of hydrogen-bond donors (Lipinski definition) is 0. The molecule has 0 fully saturated rings. The summed E-state index contributed by atoms with van der Waals surface area (Å²) in [7, 11) is -6.09. The van der Waals surface area contributed by atoms with Gasteiger partial charge in [0.2, 0.25) is 0 Å². The van der Waals surface area contributed by atoms with Crippen LogP contribution in [-0.4, -0.2) is 38.4 Å². The Morgan fingerprint density at radius 3 is 1.52 bits per heavy atom. The number of benzene rings is 1. The fourth-order valence-corrected chi connectivity index (χ4v) is 3.87. The Balaban J connectivity index is 0.000000382. The van der Waals surface area contributed by atoms with Crippen molar-refractivity contribution in [1.29, 1.82) is 0 Å². The molecule has 0 saturated carbocycles. The van der Waals surface area contributed by atoms with Gasteiger partial charge in [-0.1, -0.05) is 84.0 Å². The number of halogens is 3. The third-order valence-corrected chi connectivity index (χ3v) is 7.04. The molecular weight excluding hydrogens is 818 g/mol. The molecule has 0 aliphatic carbocycles. The van der Waals surface area contributed by atoms with Gasteiger partial charge in [0.05, 0.1) is 11.4 Å². The zero-order valence-corrected chi connectivity index (χ0v) is 30.9. The van der Waals surface area contributed by atoms with Crippen molar-refractivity contribution in [3.63, 3.8) is 0 Å². The standard InChI is InChI=1S/C18H24N2.C16H11N2.CHF3O3S.CH3.Ir/c1-17(2,3)13-7-9-19-15(11-13)16-12-14(8-10-20-16)18(4,5)6;1-2-7-13(8-3-1)14-10-6-11-16(18-14)15-9-4-5-12-17-15;2-1(3,4)8(5,6)7;;/h7-12H,1-6H3;1-10,12H;(H,5,6,7);1H3;/q;-1;;-1;+3/p-1. The number of alkyl halides is 3. The van der Waals surface area contributed by atoms with Crippen LogP contribution in [-0.2, 0) is 41.1 Å². The summed E-state index contributed by atoms with van der Waals surface area (Å²) in [5.74, 6) is 0. The van der Waals surface area contributed by atoms with Crippen LogP contribution in [0.25, 0.3) is 34.0 Å². The molecule has 0 amide bonds. The van der Waals surface area contributed by atoms with E-state index in [0.717, 1.165) is 34.0 Å². The summed E-state index contributed by atoms with van der Waals surface area (Å²) in [6.45, 7) is 13.3. The molecule has 0 N–H and O–H groups in total. The molecule has 0 bridgehead atoms. The summed E-state index contributed by atoms with van der Waals surface area (Å²) < 4.78 is 58.9. The van der Waals surface area contributed by atoms with E-state index < -0.39 is 15.6 Å². The van der Waals surface area contributed by atoms with Crippen LogP contribution in [0.5, 0.6) is 0 Å². The first-order valence-electron chi connectivity index (χ1n) is 14.2. The van der Waals surface area contributed by atoms with Gasteiger partial charge in [-0.3, -0.25) is 15.0 Å². The van der Waals surface area contributed by atoms with E-state index >= 15 is 0 Å². The first-order valence-corrected chi connectivity index (χ1v) is 15.6. The van der Waals surface area contributed by atoms with Gasteiger partial charge in [-0.05, 0) is 69.2 Å². The van der Waals surface area contributed by atoms with Crippen LogP contribution in [0.15, 0.2) is 104 Å². The van der Waals surface area contributed by atoms with Crippen molar-refractivity contribution in [2.24, 2.45) is 0 Å². The van der Waals surface area contributed by atoms with E-state index in [1.807, 2.05) is 73.1 Å². The molecule has 0 radical (unpaired) electrons. The van der Waals surface area contributed by atoms with Gasteiger partial charge in [0.25, 0.3) is 0 Å². The molecule has 7 nitrogen and oxygen atoms in total. The Morgan fingerprint density at radius 2 is 1.10 bits per heavy atom. The largest absolute Gasteiger partial charge is 3.00 e. The van der Waals surface area contributed by atoms with E-state index in [-0.39, 0.29) is 38.4 Å². The molecule has 5 rings (SSSR count). The van der Waals surface area contributed by atoms with Gasteiger partial charge in [0, 0.05) is 24.3 Å². The Bertz CT molecular complexity index is 1720. The quantitative estimate of drug-likeness (QED) is 0.101. The fraction of sp³-hybridized carbons (Fsp3) is 0.250. The predicted molar refractivity (Wildman–Crippen MR) is 179 cm³/mol. The molecule has 0 aliphatic heterocycles. The molecule has 0 spiro atoms. The first-order chi connectivity index (χ1) is 21.4. The molecule has 5 aromatic rings. The van der Waals surface area contributed by atoms with Gasteiger partial charge in [-0.25, -0.2) is 8.42 Å². The molecule has 0 atom stereocenters. The Hall–Kier alpha value is -3.83. The summed E-state index contributed by atoms with van der Waals surface area (Å²) in [6, 6.07) is 31.3. The summed E-state index contributed by atoms with van der Waals surface area (Å²) in [5, 5.41) is 0. The number of hydrogen-bond acceptors (Lipinski definition) is 7. The summed E-state index contributed by atoms with van der Waals surface area (Å²) in [6.07, 6.45) is 5.52. The second-order valence-corrected chi connectivity index (χ2v) is 13.5. The van der Waals surface area contributed by atoms with Gasteiger partial charge in [0.15, 0.2) is 10.1 Å². The van der Waals surface area contributed by atoms with E-state index in [4.69, 9.17) is 13.0 Å². The summed E-state index contributed by atoms with van der Waals surface area (Å²) in [5.41, 5.74) is 2.72. The van der Waals surface area contributed by atoms with Crippen molar-refractivity contribution in [2.75, 3.05) is 0 Å². The summed E-state index contributed by atoms with van der Waals surface area (Å²) >= 11 is 0. The minimum Gasteiger partial charge on any atom is -0.741 e. The van der Waals surface area contributed by atoms with Crippen molar-refractivity contribution in [2.45, 2.75) is 57.9 Å². The van der Waals surface area contributed by atoms with E-state index in [1.54, 1.807) is 6.20 Å². The Kier molecular flexibility index (Phi) is 15.4. The Labute approximate surface area is 295 Å². The molecule has 12 heteroatoms. The minimum absolute atomic E-state index is 0. The smallest absolute Gasteiger partial charge is 0.741 e. The average molecular weight is 856 g/mol. The number of nitrogens with zero attached hydrogens (tertiary/aromatic N) is 4. The molecule has 48 heavy (non-hydrogen) atoms. The van der Waals surface area contributed by atoms with Crippen LogP contribution in [0.2, 0.25) is 0 Å². The van der Waals surface area contributed by atoms with Crippen molar-refractivity contribution in [3.05, 3.63) is 128 Å². The molecular formula is C36H38F3IrN4O3S. The maximum Gasteiger partial charge on any atom is 3.00 e. The second-order valence-electron chi connectivity index (χ2n) is 12.2.